The van der Waals surface area contributed by atoms with Gasteiger partial charge in [-0.15, -0.1) is 0 Å². The Morgan fingerprint density at radius 2 is 2.05 bits per heavy atom. The molecule has 0 unspecified atom stereocenters. The van der Waals surface area contributed by atoms with Gasteiger partial charge in [0.1, 0.15) is 5.82 Å². The Labute approximate surface area is 117 Å². The highest BCUT2D eigenvalue weighted by Gasteiger charge is 2.29. The Morgan fingerprint density at radius 1 is 1.32 bits per heavy atom. The molecule has 3 nitrogen and oxygen atoms in total. The monoisotopic (exact) mass is 261 g/mol. The third-order valence-corrected chi connectivity index (χ3v) is 3.59. The lowest BCUT2D eigenvalue weighted by molar-refractivity contribution is 0.417. The van der Waals surface area contributed by atoms with Crippen molar-refractivity contribution in [3.63, 3.8) is 0 Å². The van der Waals surface area contributed by atoms with E-state index in [1.807, 2.05) is 0 Å². The van der Waals surface area contributed by atoms with Crippen molar-refractivity contribution in [1.29, 1.82) is 0 Å². The highest BCUT2D eigenvalue weighted by molar-refractivity contribution is 5.41. The van der Waals surface area contributed by atoms with Crippen LogP contribution in [0, 0.1) is 5.41 Å². The smallest absolute Gasteiger partial charge is 0.128 e. The number of anilines is 1. The zero-order valence-corrected chi connectivity index (χ0v) is 13.0. The molecule has 0 bridgehead atoms. The minimum atomic E-state index is 0.132. The number of rotatable bonds is 3. The number of aromatic nitrogens is 1. The molecule has 1 N–H and O–H groups in total. The van der Waals surface area contributed by atoms with Crippen LogP contribution in [-0.4, -0.2) is 23.6 Å². The van der Waals surface area contributed by atoms with Crippen molar-refractivity contribution in [3.05, 3.63) is 23.9 Å². The van der Waals surface area contributed by atoms with Gasteiger partial charge in [-0.1, -0.05) is 19.9 Å². The van der Waals surface area contributed by atoms with Gasteiger partial charge in [-0.05, 0) is 44.7 Å². The van der Waals surface area contributed by atoms with Gasteiger partial charge < -0.3 is 10.2 Å². The van der Waals surface area contributed by atoms with Gasteiger partial charge in [0.05, 0.1) is 5.69 Å². The number of hydrogen-bond donors (Lipinski definition) is 1. The topological polar surface area (TPSA) is 28.2 Å². The zero-order chi connectivity index (χ0) is 14.1. The van der Waals surface area contributed by atoms with Gasteiger partial charge in [-0.2, -0.15) is 0 Å². The molecule has 0 aromatic carbocycles. The molecule has 0 saturated carbocycles. The molecule has 1 saturated heterocycles. The lowest BCUT2D eigenvalue weighted by atomic mass is 9.93. The van der Waals surface area contributed by atoms with Crippen molar-refractivity contribution >= 4 is 5.82 Å². The molecule has 106 valence electrons. The Hall–Kier alpha value is -1.09. The maximum atomic E-state index is 4.79. The third kappa shape index (κ3) is 4.20. The Balaban J connectivity index is 2.03. The summed E-state index contributed by atoms with van der Waals surface area (Å²) in [7, 11) is 0. The summed E-state index contributed by atoms with van der Waals surface area (Å²) in [6, 6.07) is 6.35. The summed E-state index contributed by atoms with van der Waals surface area (Å²) in [4.78, 5) is 7.19. The number of hydrogen-bond acceptors (Lipinski definition) is 3. The van der Waals surface area contributed by atoms with Crippen LogP contribution in [0.4, 0.5) is 5.82 Å². The molecule has 2 heterocycles. The fourth-order valence-corrected chi connectivity index (χ4v) is 2.41. The highest BCUT2D eigenvalue weighted by Crippen LogP contribution is 2.31. The first-order chi connectivity index (χ1) is 8.75. The van der Waals surface area contributed by atoms with Crippen LogP contribution in [-0.2, 0) is 6.54 Å². The summed E-state index contributed by atoms with van der Waals surface area (Å²) in [5.74, 6) is 1.12. The van der Waals surface area contributed by atoms with Crippen molar-refractivity contribution in [2.24, 2.45) is 5.41 Å². The average molecular weight is 261 g/mol. The van der Waals surface area contributed by atoms with Crippen LogP contribution in [0.15, 0.2) is 18.2 Å². The van der Waals surface area contributed by atoms with E-state index >= 15 is 0 Å². The molecule has 1 aromatic rings. The number of pyridine rings is 1. The second-order valence-corrected chi connectivity index (χ2v) is 7.43. The molecule has 0 aliphatic carbocycles. The molecule has 0 spiro atoms. The summed E-state index contributed by atoms with van der Waals surface area (Å²) in [5, 5.41) is 3.49. The molecule has 2 rings (SSSR count). The minimum absolute atomic E-state index is 0.132. The van der Waals surface area contributed by atoms with E-state index in [1.165, 1.54) is 6.42 Å². The van der Waals surface area contributed by atoms with Gasteiger partial charge in [0.25, 0.3) is 0 Å². The largest absolute Gasteiger partial charge is 0.356 e. The standard InChI is InChI=1S/C16H27N3/c1-15(2,3)17-11-13-7-6-8-14(18-13)19-10-9-16(4,5)12-19/h6-8,17H,9-12H2,1-5H3. The van der Waals surface area contributed by atoms with E-state index in [0.29, 0.717) is 5.41 Å². The van der Waals surface area contributed by atoms with Crippen LogP contribution in [0.1, 0.15) is 46.7 Å². The molecule has 0 radical (unpaired) electrons. The maximum Gasteiger partial charge on any atom is 0.128 e. The second-order valence-electron chi connectivity index (χ2n) is 7.43. The fourth-order valence-electron chi connectivity index (χ4n) is 2.41. The van der Waals surface area contributed by atoms with Crippen LogP contribution in [0.25, 0.3) is 0 Å². The zero-order valence-electron chi connectivity index (χ0n) is 13.0. The summed E-state index contributed by atoms with van der Waals surface area (Å²) < 4.78 is 0. The van der Waals surface area contributed by atoms with Crippen molar-refractivity contribution < 1.29 is 0 Å². The van der Waals surface area contributed by atoms with E-state index in [0.717, 1.165) is 31.1 Å². The van der Waals surface area contributed by atoms with E-state index in [1.54, 1.807) is 0 Å². The average Bonchev–Trinajstić information content (AvgIpc) is 2.67. The van der Waals surface area contributed by atoms with Crippen molar-refractivity contribution in [3.8, 4) is 0 Å². The first kappa shape index (κ1) is 14.3. The summed E-state index contributed by atoms with van der Waals surface area (Å²) >= 11 is 0. The van der Waals surface area contributed by atoms with Gasteiger partial charge in [0, 0.05) is 25.2 Å². The number of nitrogens with one attached hydrogen (secondary N) is 1. The third-order valence-electron chi connectivity index (χ3n) is 3.59. The van der Waals surface area contributed by atoms with Gasteiger partial charge in [-0.3, -0.25) is 0 Å². The predicted molar refractivity (Wildman–Crippen MR) is 81.4 cm³/mol. The summed E-state index contributed by atoms with van der Waals surface area (Å²) in [6.45, 7) is 14.3. The molecule has 1 aliphatic heterocycles. The molecule has 1 aromatic heterocycles. The van der Waals surface area contributed by atoms with Gasteiger partial charge in [0.2, 0.25) is 0 Å². The molecule has 1 aliphatic rings. The number of nitrogens with zero attached hydrogens (tertiary/aromatic N) is 2. The first-order valence-electron chi connectivity index (χ1n) is 7.21. The normalized spacial score (nSPS) is 18.9. The van der Waals surface area contributed by atoms with Crippen molar-refractivity contribution in [2.45, 2.75) is 53.1 Å². The van der Waals surface area contributed by atoms with Crippen molar-refractivity contribution in [1.82, 2.24) is 10.3 Å². The molecule has 0 amide bonds. The highest BCUT2D eigenvalue weighted by atomic mass is 15.2. The van der Waals surface area contributed by atoms with Gasteiger partial charge >= 0.3 is 0 Å². The van der Waals surface area contributed by atoms with E-state index < -0.39 is 0 Å². The Bertz CT molecular complexity index is 432. The molecule has 19 heavy (non-hydrogen) atoms. The van der Waals surface area contributed by atoms with Crippen LogP contribution < -0.4 is 10.2 Å². The van der Waals surface area contributed by atoms with E-state index in [2.05, 4.69) is 63.0 Å². The fraction of sp³-hybridized carbons (Fsp3) is 0.688. The maximum absolute atomic E-state index is 4.79. The van der Waals surface area contributed by atoms with E-state index in [-0.39, 0.29) is 5.54 Å². The van der Waals surface area contributed by atoms with Crippen LogP contribution in [0.2, 0.25) is 0 Å². The SMILES string of the molecule is CC1(C)CCN(c2cccc(CNC(C)(C)C)n2)C1. The first-order valence-corrected chi connectivity index (χ1v) is 7.21. The lowest BCUT2D eigenvalue weighted by Crippen LogP contribution is -2.35. The van der Waals surface area contributed by atoms with Crippen LogP contribution in [0.3, 0.4) is 0 Å². The van der Waals surface area contributed by atoms with E-state index in [4.69, 9.17) is 4.98 Å². The molecular formula is C16H27N3. The minimum Gasteiger partial charge on any atom is -0.356 e. The van der Waals surface area contributed by atoms with Crippen LogP contribution in [0.5, 0.6) is 0 Å². The predicted octanol–water partition coefficient (Wildman–Crippen LogP) is 3.21. The van der Waals surface area contributed by atoms with E-state index in [9.17, 15) is 0 Å². The summed E-state index contributed by atoms with van der Waals surface area (Å²) in [5.41, 5.74) is 1.67. The van der Waals surface area contributed by atoms with Crippen LogP contribution >= 0.6 is 0 Å². The summed E-state index contributed by atoms with van der Waals surface area (Å²) in [6.07, 6.45) is 1.25. The molecular weight excluding hydrogens is 234 g/mol. The Morgan fingerprint density at radius 3 is 2.63 bits per heavy atom. The second kappa shape index (κ2) is 5.12. The quantitative estimate of drug-likeness (QED) is 0.905. The molecule has 3 heteroatoms. The Kier molecular flexibility index (Phi) is 3.86. The van der Waals surface area contributed by atoms with Gasteiger partial charge in [0.15, 0.2) is 0 Å². The van der Waals surface area contributed by atoms with Gasteiger partial charge in [-0.25, -0.2) is 4.98 Å². The lowest BCUT2D eigenvalue weighted by Gasteiger charge is -2.22. The molecule has 1 fully saturated rings. The van der Waals surface area contributed by atoms with Crippen molar-refractivity contribution in [2.75, 3.05) is 18.0 Å². The molecule has 0 atom stereocenters.